The van der Waals surface area contributed by atoms with Gasteiger partial charge in [-0.25, -0.2) is 9.67 Å². The van der Waals surface area contributed by atoms with Gasteiger partial charge in [-0.2, -0.15) is 5.10 Å². The van der Waals surface area contributed by atoms with E-state index in [1.54, 1.807) is 10.9 Å². The zero-order valence-corrected chi connectivity index (χ0v) is 15.1. The van der Waals surface area contributed by atoms with Crippen LogP contribution in [0, 0.1) is 0 Å². The van der Waals surface area contributed by atoms with Gasteiger partial charge >= 0.3 is 0 Å². The van der Waals surface area contributed by atoms with Crippen LogP contribution in [0.25, 0.3) is 16.7 Å². The zero-order chi connectivity index (χ0) is 18.2. The van der Waals surface area contributed by atoms with Crippen LogP contribution >= 0.6 is 11.8 Å². The summed E-state index contributed by atoms with van der Waals surface area (Å²) in [7, 11) is 0. The van der Waals surface area contributed by atoms with Gasteiger partial charge in [0.25, 0.3) is 5.56 Å². The Morgan fingerprint density at radius 3 is 2.81 bits per heavy atom. The summed E-state index contributed by atoms with van der Waals surface area (Å²) in [4.78, 5) is 19.9. The molecule has 2 aromatic carbocycles. The number of fused-ring (bicyclic) bond motifs is 2. The molecule has 0 unspecified atom stereocenters. The van der Waals surface area contributed by atoms with Crippen LogP contribution in [0.2, 0.25) is 0 Å². The molecule has 6 nitrogen and oxygen atoms in total. The molecule has 27 heavy (non-hydrogen) atoms. The molecular formula is C20H16N4O2S. The van der Waals surface area contributed by atoms with E-state index in [9.17, 15) is 4.79 Å². The first-order valence-electron chi connectivity index (χ1n) is 8.69. The highest BCUT2D eigenvalue weighted by molar-refractivity contribution is 7.99. The fourth-order valence-electron chi connectivity index (χ4n) is 3.24. The van der Waals surface area contributed by atoms with E-state index in [0.29, 0.717) is 21.9 Å². The average molecular weight is 376 g/mol. The molecular weight excluding hydrogens is 360 g/mol. The molecule has 0 amide bonds. The van der Waals surface area contributed by atoms with E-state index in [0.717, 1.165) is 17.9 Å². The number of rotatable bonds is 4. The van der Waals surface area contributed by atoms with E-state index in [4.69, 9.17) is 4.74 Å². The largest absolute Gasteiger partial charge is 0.489 e. The van der Waals surface area contributed by atoms with Crippen molar-refractivity contribution in [3.63, 3.8) is 0 Å². The molecule has 7 heteroatoms. The number of H-pyrrole nitrogens is 1. The molecule has 3 heterocycles. The second kappa shape index (κ2) is 6.59. The van der Waals surface area contributed by atoms with Crippen LogP contribution in [-0.2, 0) is 6.42 Å². The van der Waals surface area contributed by atoms with E-state index in [1.165, 1.54) is 17.3 Å². The lowest BCUT2D eigenvalue weighted by Crippen LogP contribution is -2.17. The maximum atomic E-state index is 12.4. The molecule has 0 saturated heterocycles. The predicted octanol–water partition coefficient (Wildman–Crippen LogP) is 3.20. The summed E-state index contributed by atoms with van der Waals surface area (Å²) in [6.07, 6.45) is 2.50. The van der Waals surface area contributed by atoms with Crippen LogP contribution in [-0.4, -0.2) is 31.6 Å². The first-order chi connectivity index (χ1) is 13.3. The Balaban J connectivity index is 1.41. The van der Waals surface area contributed by atoms with E-state index in [1.807, 2.05) is 48.5 Å². The first kappa shape index (κ1) is 16.1. The van der Waals surface area contributed by atoms with Gasteiger partial charge in [0.05, 0.1) is 11.9 Å². The van der Waals surface area contributed by atoms with Crippen LogP contribution in [0.15, 0.2) is 70.7 Å². The van der Waals surface area contributed by atoms with Gasteiger partial charge in [0.2, 0.25) is 0 Å². The Kier molecular flexibility index (Phi) is 3.94. The summed E-state index contributed by atoms with van der Waals surface area (Å²) >= 11 is 1.49. The van der Waals surface area contributed by atoms with Crippen molar-refractivity contribution in [2.24, 2.45) is 0 Å². The number of para-hydroxylation sites is 2. The molecule has 0 fully saturated rings. The normalized spacial score (nSPS) is 15.6. The van der Waals surface area contributed by atoms with Crippen LogP contribution < -0.4 is 10.3 Å². The average Bonchev–Trinajstić information content (AvgIpc) is 3.31. The Bertz CT molecular complexity index is 1140. The SMILES string of the molecule is O=c1[nH]c(SC[C@@H]2Cc3ccccc3O2)nc2c1cnn2-c1ccccc1. The minimum atomic E-state index is -0.180. The summed E-state index contributed by atoms with van der Waals surface area (Å²) < 4.78 is 7.66. The highest BCUT2D eigenvalue weighted by Crippen LogP contribution is 2.30. The number of nitrogens with one attached hydrogen (secondary N) is 1. The minimum absolute atomic E-state index is 0.0763. The zero-order valence-electron chi connectivity index (χ0n) is 14.3. The Morgan fingerprint density at radius 2 is 1.96 bits per heavy atom. The topological polar surface area (TPSA) is 72.8 Å². The maximum absolute atomic E-state index is 12.4. The lowest BCUT2D eigenvalue weighted by Gasteiger charge is -2.10. The Labute approximate surface area is 159 Å². The fraction of sp³-hybridized carbons (Fsp3) is 0.150. The lowest BCUT2D eigenvalue weighted by molar-refractivity contribution is 0.259. The van der Waals surface area contributed by atoms with Crippen molar-refractivity contribution in [2.75, 3.05) is 5.75 Å². The number of aromatic amines is 1. The molecule has 1 N–H and O–H groups in total. The predicted molar refractivity (Wildman–Crippen MR) is 105 cm³/mol. The highest BCUT2D eigenvalue weighted by Gasteiger charge is 2.23. The lowest BCUT2D eigenvalue weighted by atomic mass is 10.1. The number of hydrogen-bond donors (Lipinski definition) is 1. The molecule has 134 valence electrons. The molecule has 2 aromatic heterocycles. The quantitative estimate of drug-likeness (QED) is 0.437. The summed E-state index contributed by atoms with van der Waals surface area (Å²) in [5, 5.41) is 5.39. The van der Waals surface area contributed by atoms with Crippen LogP contribution in [0.3, 0.4) is 0 Å². The van der Waals surface area contributed by atoms with Gasteiger partial charge in [0.15, 0.2) is 10.8 Å². The number of nitrogens with zero attached hydrogens (tertiary/aromatic N) is 3. The molecule has 0 aliphatic carbocycles. The molecule has 0 spiro atoms. The molecule has 1 atom stereocenters. The van der Waals surface area contributed by atoms with E-state index in [2.05, 4.69) is 21.1 Å². The van der Waals surface area contributed by atoms with Gasteiger partial charge < -0.3 is 9.72 Å². The van der Waals surface area contributed by atoms with E-state index < -0.39 is 0 Å². The number of ether oxygens (including phenoxy) is 1. The summed E-state index contributed by atoms with van der Waals surface area (Å²) in [6.45, 7) is 0. The van der Waals surface area contributed by atoms with Crippen molar-refractivity contribution in [1.82, 2.24) is 19.7 Å². The van der Waals surface area contributed by atoms with Gasteiger partial charge in [0.1, 0.15) is 17.2 Å². The molecule has 0 bridgehead atoms. The molecule has 1 aliphatic rings. The fourth-order valence-corrected chi connectivity index (χ4v) is 4.09. The minimum Gasteiger partial charge on any atom is -0.489 e. The number of benzene rings is 2. The van der Waals surface area contributed by atoms with E-state index >= 15 is 0 Å². The van der Waals surface area contributed by atoms with Gasteiger partial charge in [-0.3, -0.25) is 4.79 Å². The molecule has 0 radical (unpaired) electrons. The molecule has 5 rings (SSSR count). The number of hydrogen-bond acceptors (Lipinski definition) is 5. The van der Waals surface area contributed by atoms with Gasteiger partial charge in [-0.1, -0.05) is 48.2 Å². The van der Waals surface area contributed by atoms with Crippen molar-refractivity contribution in [3.05, 3.63) is 76.7 Å². The maximum Gasteiger partial charge on any atom is 0.262 e. The van der Waals surface area contributed by atoms with Crippen molar-refractivity contribution < 1.29 is 4.74 Å². The van der Waals surface area contributed by atoms with Crippen LogP contribution in [0.5, 0.6) is 5.75 Å². The van der Waals surface area contributed by atoms with Crippen molar-refractivity contribution >= 4 is 22.8 Å². The van der Waals surface area contributed by atoms with Gasteiger partial charge in [-0.15, -0.1) is 0 Å². The third-order valence-electron chi connectivity index (χ3n) is 4.54. The van der Waals surface area contributed by atoms with Crippen LogP contribution in [0.4, 0.5) is 0 Å². The standard InChI is InChI=1S/C20H16N4O2S/c25-19-16-11-21-24(14-7-2-1-3-8-14)18(16)22-20(23-19)27-12-15-10-13-6-4-5-9-17(13)26-15/h1-9,11,15H,10,12H2,(H,22,23,25)/t15-/m0/s1. The second-order valence-electron chi connectivity index (χ2n) is 6.36. The Morgan fingerprint density at radius 1 is 1.15 bits per heavy atom. The van der Waals surface area contributed by atoms with Crippen molar-refractivity contribution in [2.45, 2.75) is 17.7 Å². The third-order valence-corrected chi connectivity index (χ3v) is 5.54. The summed E-state index contributed by atoms with van der Waals surface area (Å²) in [5.41, 5.74) is 2.47. The number of thioether (sulfide) groups is 1. The summed E-state index contributed by atoms with van der Waals surface area (Å²) in [6, 6.07) is 17.8. The highest BCUT2D eigenvalue weighted by atomic mass is 32.2. The monoisotopic (exact) mass is 376 g/mol. The Hall–Kier alpha value is -3.06. The van der Waals surface area contributed by atoms with E-state index in [-0.39, 0.29) is 11.7 Å². The summed E-state index contributed by atoms with van der Waals surface area (Å²) in [5.74, 6) is 1.66. The van der Waals surface area contributed by atoms with Crippen molar-refractivity contribution in [3.8, 4) is 11.4 Å². The van der Waals surface area contributed by atoms with Gasteiger partial charge in [-0.05, 0) is 23.8 Å². The second-order valence-corrected chi connectivity index (χ2v) is 7.37. The molecule has 4 aromatic rings. The smallest absolute Gasteiger partial charge is 0.262 e. The first-order valence-corrected chi connectivity index (χ1v) is 9.67. The third kappa shape index (κ3) is 3.00. The molecule has 1 aliphatic heterocycles. The molecule has 0 saturated carbocycles. The van der Waals surface area contributed by atoms with Crippen molar-refractivity contribution in [1.29, 1.82) is 0 Å². The number of aromatic nitrogens is 4. The van der Waals surface area contributed by atoms with Gasteiger partial charge in [0, 0.05) is 12.2 Å². The van der Waals surface area contributed by atoms with Crippen LogP contribution in [0.1, 0.15) is 5.56 Å².